The standard InChI is InChI=1S/C23H28O6/c1-12(24)28-11-18(27)20-17(26)9-16-15-5-4-13-8-14(25)6-7-22(13,3)23(15)19(29-23)10-21(16,20)2/h6-8,15-17,19-20,26H,4-5,9-11H2,1-3H3/t15?,16?,17-,19?,20-,21+,22+,23?/m1/s1. The highest BCUT2D eigenvalue weighted by molar-refractivity contribution is 6.01. The van der Waals surface area contributed by atoms with Crippen LogP contribution < -0.4 is 0 Å². The number of epoxide rings is 1. The molecule has 0 amide bonds. The molecule has 0 bridgehead atoms. The van der Waals surface area contributed by atoms with Gasteiger partial charge in [0.2, 0.25) is 0 Å². The second-order valence-electron chi connectivity index (χ2n) is 10.00. The molecule has 6 nitrogen and oxygen atoms in total. The van der Waals surface area contributed by atoms with Crippen LogP contribution in [-0.4, -0.2) is 47.1 Å². The summed E-state index contributed by atoms with van der Waals surface area (Å²) in [6, 6.07) is 0. The van der Waals surface area contributed by atoms with Gasteiger partial charge in [-0.05, 0) is 62.0 Å². The fourth-order valence-corrected chi connectivity index (χ4v) is 7.51. The minimum Gasteiger partial charge on any atom is -0.458 e. The van der Waals surface area contributed by atoms with Gasteiger partial charge < -0.3 is 14.6 Å². The van der Waals surface area contributed by atoms with Gasteiger partial charge >= 0.3 is 5.97 Å². The topological polar surface area (TPSA) is 93.2 Å². The Kier molecular flexibility index (Phi) is 3.89. The number of carbonyl (C=O) groups excluding carboxylic acids is 3. The lowest BCUT2D eigenvalue weighted by molar-refractivity contribution is -0.150. The number of ketones is 2. The Morgan fingerprint density at radius 1 is 1.31 bits per heavy atom. The molecule has 156 valence electrons. The molecule has 0 aromatic heterocycles. The van der Waals surface area contributed by atoms with Crippen molar-refractivity contribution in [1.82, 2.24) is 0 Å². The van der Waals surface area contributed by atoms with Crippen molar-refractivity contribution in [2.24, 2.45) is 28.6 Å². The number of esters is 1. The van der Waals surface area contributed by atoms with E-state index in [1.54, 1.807) is 12.2 Å². The van der Waals surface area contributed by atoms with E-state index >= 15 is 0 Å². The Morgan fingerprint density at radius 2 is 2.07 bits per heavy atom. The molecule has 0 radical (unpaired) electrons. The fourth-order valence-electron chi connectivity index (χ4n) is 7.51. The summed E-state index contributed by atoms with van der Waals surface area (Å²) in [6.07, 6.45) is 7.73. The van der Waals surface area contributed by atoms with Crippen molar-refractivity contribution in [2.45, 2.75) is 64.3 Å². The highest BCUT2D eigenvalue weighted by atomic mass is 16.6. The third kappa shape index (κ3) is 2.33. The van der Waals surface area contributed by atoms with Gasteiger partial charge in [-0.3, -0.25) is 14.4 Å². The molecule has 29 heavy (non-hydrogen) atoms. The molecule has 4 unspecified atom stereocenters. The molecule has 1 aliphatic heterocycles. The number of carbonyl (C=O) groups is 3. The number of allylic oxidation sites excluding steroid dienone is 2. The van der Waals surface area contributed by atoms with E-state index in [-0.39, 0.29) is 52.5 Å². The van der Waals surface area contributed by atoms with Crippen LogP contribution in [-0.2, 0) is 23.9 Å². The van der Waals surface area contributed by atoms with Gasteiger partial charge in [-0.15, -0.1) is 0 Å². The molecule has 0 aromatic rings. The number of hydrogen-bond donors (Lipinski definition) is 1. The fraction of sp³-hybridized carbons (Fsp3) is 0.696. The third-order valence-corrected chi connectivity index (χ3v) is 8.72. The molecule has 1 saturated heterocycles. The van der Waals surface area contributed by atoms with E-state index < -0.39 is 18.0 Å². The van der Waals surface area contributed by atoms with Gasteiger partial charge in [-0.1, -0.05) is 18.6 Å². The highest BCUT2D eigenvalue weighted by Gasteiger charge is 2.79. The summed E-state index contributed by atoms with van der Waals surface area (Å²) in [5, 5.41) is 10.9. The number of aliphatic hydroxyl groups is 1. The third-order valence-electron chi connectivity index (χ3n) is 8.72. The van der Waals surface area contributed by atoms with Crippen molar-refractivity contribution in [2.75, 3.05) is 6.61 Å². The number of fused-ring (bicyclic) bond motifs is 3. The lowest BCUT2D eigenvalue weighted by Crippen LogP contribution is -2.57. The number of hydrogen-bond acceptors (Lipinski definition) is 6. The van der Waals surface area contributed by atoms with Crippen molar-refractivity contribution in [3.63, 3.8) is 0 Å². The maximum atomic E-state index is 12.9. The smallest absolute Gasteiger partial charge is 0.303 e. The van der Waals surface area contributed by atoms with Crippen molar-refractivity contribution in [3.8, 4) is 0 Å². The van der Waals surface area contributed by atoms with Crippen LogP contribution >= 0.6 is 0 Å². The molecule has 1 N–H and O–H groups in total. The first-order valence-corrected chi connectivity index (χ1v) is 10.6. The van der Waals surface area contributed by atoms with E-state index in [4.69, 9.17) is 9.47 Å². The predicted molar refractivity (Wildman–Crippen MR) is 103 cm³/mol. The zero-order valence-electron chi connectivity index (χ0n) is 17.1. The molecule has 1 spiro atoms. The summed E-state index contributed by atoms with van der Waals surface area (Å²) >= 11 is 0. The zero-order valence-corrected chi connectivity index (χ0v) is 17.1. The van der Waals surface area contributed by atoms with Crippen LogP contribution in [0.3, 0.4) is 0 Å². The van der Waals surface area contributed by atoms with E-state index in [2.05, 4.69) is 13.8 Å². The molecule has 4 fully saturated rings. The monoisotopic (exact) mass is 400 g/mol. The molecule has 1 heterocycles. The molecule has 5 rings (SSSR count). The van der Waals surface area contributed by atoms with E-state index in [9.17, 15) is 19.5 Å². The van der Waals surface area contributed by atoms with Gasteiger partial charge in [0.05, 0.1) is 18.1 Å². The first-order chi connectivity index (χ1) is 13.6. The molecule has 0 aromatic carbocycles. The molecule has 8 atom stereocenters. The van der Waals surface area contributed by atoms with Crippen molar-refractivity contribution >= 4 is 17.5 Å². The number of aliphatic hydroxyl groups excluding tert-OH is 1. The van der Waals surface area contributed by atoms with Gasteiger partial charge in [0.25, 0.3) is 0 Å². The van der Waals surface area contributed by atoms with Crippen LogP contribution in [0, 0.1) is 28.6 Å². The Hall–Kier alpha value is -1.79. The van der Waals surface area contributed by atoms with Crippen molar-refractivity contribution in [3.05, 3.63) is 23.8 Å². The first kappa shape index (κ1) is 19.2. The summed E-state index contributed by atoms with van der Waals surface area (Å²) in [5.74, 6) is -0.797. The Bertz CT molecular complexity index is 873. The van der Waals surface area contributed by atoms with Gasteiger partial charge in [-0.25, -0.2) is 0 Å². The lowest BCUT2D eigenvalue weighted by atomic mass is 9.47. The average molecular weight is 400 g/mol. The number of rotatable bonds is 3. The van der Waals surface area contributed by atoms with Crippen molar-refractivity contribution < 1.29 is 29.0 Å². The lowest BCUT2D eigenvalue weighted by Gasteiger charge is -2.54. The van der Waals surface area contributed by atoms with Crippen molar-refractivity contribution in [1.29, 1.82) is 0 Å². The first-order valence-electron chi connectivity index (χ1n) is 10.6. The van der Waals surface area contributed by atoms with Crippen LogP contribution in [0.4, 0.5) is 0 Å². The average Bonchev–Trinajstić information content (AvgIpc) is 3.29. The van der Waals surface area contributed by atoms with E-state index in [0.29, 0.717) is 12.8 Å². The van der Waals surface area contributed by atoms with E-state index in [1.165, 1.54) is 6.92 Å². The molecule has 3 saturated carbocycles. The summed E-state index contributed by atoms with van der Waals surface area (Å²) < 4.78 is 11.4. The van der Waals surface area contributed by atoms with Crippen LogP contribution in [0.1, 0.15) is 46.5 Å². The highest BCUT2D eigenvalue weighted by Crippen LogP contribution is 2.75. The molecular weight excluding hydrogens is 372 g/mol. The van der Waals surface area contributed by atoms with Crippen LogP contribution in [0.15, 0.2) is 23.8 Å². The maximum absolute atomic E-state index is 12.9. The molecule has 6 heteroatoms. The Labute approximate surface area is 170 Å². The summed E-state index contributed by atoms with van der Waals surface area (Å²) in [5.41, 5.74) is 0.123. The minimum atomic E-state index is -0.726. The maximum Gasteiger partial charge on any atom is 0.303 e. The van der Waals surface area contributed by atoms with Gasteiger partial charge in [-0.2, -0.15) is 0 Å². The second-order valence-corrected chi connectivity index (χ2v) is 10.00. The number of Topliss-reactive ketones (excluding diaryl/α,β-unsaturated/α-hetero) is 1. The molecule has 4 aliphatic carbocycles. The normalized spacial score (nSPS) is 49.3. The summed E-state index contributed by atoms with van der Waals surface area (Å²) in [7, 11) is 0. The van der Waals surface area contributed by atoms with Gasteiger partial charge in [0.1, 0.15) is 12.2 Å². The Morgan fingerprint density at radius 3 is 2.79 bits per heavy atom. The van der Waals surface area contributed by atoms with E-state index in [1.807, 2.05) is 6.08 Å². The van der Waals surface area contributed by atoms with Gasteiger partial charge in [0, 0.05) is 12.3 Å². The van der Waals surface area contributed by atoms with Crippen LogP contribution in [0.2, 0.25) is 0 Å². The van der Waals surface area contributed by atoms with E-state index in [0.717, 1.165) is 18.4 Å². The quantitative estimate of drug-likeness (QED) is 0.576. The zero-order chi connectivity index (χ0) is 20.8. The summed E-state index contributed by atoms with van der Waals surface area (Å²) in [4.78, 5) is 36.0. The second kappa shape index (κ2) is 5.88. The largest absolute Gasteiger partial charge is 0.458 e. The van der Waals surface area contributed by atoms with Gasteiger partial charge in [0.15, 0.2) is 11.6 Å². The molecule has 5 aliphatic rings. The minimum absolute atomic E-state index is 0.00891. The summed E-state index contributed by atoms with van der Waals surface area (Å²) in [6.45, 7) is 5.28. The van der Waals surface area contributed by atoms with Crippen LogP contribution in [0.5, 0.6) is 0 Å². The molecular formula is C23H28O6. The SMILES string of the molecule is CC(=O)OCC(=O)[C@H]1[C@H](O)CC2C3CCC4=CC(=O)C=C[C@]4(C)C34OC4C[C@@]21C. The predicted octanol–water partition coefficient (Wildman–Crippen LogP) is 2.14. The number of ether oxygens (including phenoxy) is 2. The Balaban J connectivity index is 1.48. The van der Waals surface area contributed by atoms with Crippen LogP contribution in [0.25, 0.3) is 0 Å².